The Balaban J connectivity index is 2.37. The van der Waals surface area contributed by atoms with Gasteiger partial charge in [-0.2, -0.15) is 0 Å². The van der Waals surface area contributed by atoms with E-state index in [1.807, 2.05) is 23.8 Å². The molecule has 0 N–H and O–H groups in total. The maximum absolute atomic E-state index is 13.6. The van der Waals surface area contributed by atoms with E-state index in [-0.39, 0.29) is 0 Å². The van der Waals surface area contributed by atoms with Gasteiger partial charge in [-0.15, -0.1) is 0 Å². The van der Waals surface area contributed by atoms with Gasteiger partial charge in [-0.3, -0.25) is 0 Å². The molecule has 18 heavy (non-hydrogen) atoms. The number of hydrogen-bond donors (Lipinski definition) is 0. The molecule has 2 rings (SSSR count). The van der Waals surface area contributed by atoms with E-state index in [1.165, 1.54) is 11.3 Å². The average Bonchev–Trinajstić information content (AvgIpc) is 2.66. The van der Waals surface area contributed by atoms with Crippen molar-refractivity contribution in [3.63, 3.8) is 0 Å². The molecule has 1 aromatic carbocycles. The van der Waals surface area contributed by atoms with Crippen LogP contribution in [0.5, 0.6) is 0 Å². The van der Waals surface area contributed by atoms with Gasteiger partial charge in [-0.1, -0.05) is 26.0 Å². The van der Waals surface area contributed by atoms with Crippen LogP contribution in [0.3, 0.4) is 0 Å². The number of benzene rings is 1. The lowest BCUT2D eigenvalue weighted by Gasteiger charge is -2.14. The zero-order valence-corrected chi connectivity index (χ0v) is 10.9. The van der Waals surface area contributed by atoms with Crippen molar-refractivity contribution in [3.8, 4) is 0 Å². The highest BCUT2D eigenvalue weighted by atomic mass is 19.2. The molecule has 0 radical (unpaired) electrons. The molecule has 0 unspecified atom stereocenters. The van der Waals surface area contributed by atoms with E-state index in [1.54, 1.807) is 12.1 Å². The van der Waals surface area contributed by atoms with E-state index in [0.29, 0.717) is 18.0 Å². The van der Waals surface area contributed by atoms with Crippen molar-refractivity contribution in [3.05, 3.63) is 58.9 Å². The zero-order valence-electron chi connectivity index (χ0n) is 10.9. The lowest BCUT2D eigenvalue weighted by Crippen LogP contribution is -2.07. The van der Waals surface area contributed by atoms with E-state index in [2.05, 4.69) is 13.8 Å². The minimum Gasteiger partial charge on any atom is -0.346 e. The Bertz CT molecular complexity index is 556. The van der Waals surface area contributed by atoms with Crippen LogP contribution >= 0.6 is 0 Å². The van der Waals surface area contributed by atoms with Crippen molar-refractivity contribution >= 4 is 0 Å². The third-order valence-electron chi connectivity index (χ3n) is 3.14. The lowest BCUT2D eigenvalue weighted by molar-refractivity contribution is 0.494. The summed E-state index contributed by atoms with van der Waals surface area (Å²) >= 11 is 0. The van der Waals surface area contributed by atoms with Crippen LogP contribution in [0.4, 0.5) is 8.78 Å². The molecule has 1 nitrogen and oxygen atoms in total. The van der Waals surface area contributed by atoms with Gasteiger partial charge < -0.3 is 4.57 Å². The summed E-state index contributed by atoms with van der Waals surface area (Å²) in [6.07, 6.45) is 1.93. The number of nitrogens with zero attached hydrogens (tertiary/aromatic N) is 1. The highest BCUT2D eigenvalue weighted by Gasteiger charge is 2.13. The maximum atomic E-state index is 13.6. The van der Waals surface area contributed by atoms with Crippen molar-refractivity contribution in [1.82, 2.24) is 4.57 Å². The predicted octanol–water partition coefficient (Wildman–Crippen LogP) is 4.25. The summed E-state index contributed by atoms with van der Waals surface area (Å²) in [6, 6.07) is 6.31. The summed E-state index contributed by atoms with van der Waals surface area (Å²) < 4.78 is 28.8. The fourth-order valence-corrected chi connectivity index (χ4v) is 2.37. The van der Waals surface area contributed by atoms with Crippen LogP contribution in [0.15, 0.2) is 30.5 Å². The van der Waals surface area contributed by atoms with Crippen LogP contribution in [-0.4, -0.2) is 4.57 Å². The number of aryl methyl sites for hydroxylation is 1. The van der Waals surface area contributed by atoms with Crippen LogP contribution < -0.4 is 0 Å². The Labute approximate surface area is 106 Å². The lowest BCUT2D eigenvalue weighted by atomic mass is 10.1. The van der Waals surface area contributed by atoms with Gasteiger partial charge in [-0.25, -0.2) is 8.78 Å². The number of hydrogen-bond acceptors (Lipinski definition) is 0. The largest absolute Gasteiger partial charge is 0.346 e. The van der Waals surface area contributed by atoms with Crippen LogP contribution in [0, 0.1) is 18.6 Å². The molecule has 0 saturated carbocycles. The van der Waals surface area contributed by atoms with Gasteiger partial charge in [0.15, 0.2) is 11.6 Å². The summed E-state index contributed by atoms with van der Waals surface area (Å²) in [5.41, 5.74) is 2.73. The van der Waals surface area contributed by atoms with Crippen molar-refractivity contribution in [2.75, 3.05) is 0 Å². The Morgan fingerprint density at radius 1 is 1.17 bits per heavy atom. The molecule has 1 aromatic heterocycles. The summed E-state index contributed by atoms with van der Waals surface area (Å²) in [6.45, 7) is 6.60. The van der Waals surface area contributed by atoms with Gasteiger partial charge in [-0.05, 0) is 30.5 Å². The molecule has 96 valence electrons. The van der Waals surface area contributed by atoms with Crippen molar-refractivity contribution < 1.29 is 8.78 Å². The first-order valence-corrected chi connectivity index (χ1v) is 6.09. The van der Waals surface area contributed by atoms with Gasteiger partial charge in [0, 0.05) is 17.5 Å². The summed E-state index contributed by atoms with van der Waals surface area (Å²) in [5, 5.41) is 0. The van der Waals surface area contributed by atoms with Crippen LogP contribution in [0.2, 0.25) is 0 Å². The molecule has 2 aromatic rings. The van der Waals surface area contributed by atoms with E-state index < -0.39 is 11.6 Å². The second-order valence-electron chi connectivity index (χ2n) is 4.88. The number of halogens is 2. The number of aromatic nitrogens is 1. The van der Waals surface area contributed by atoms with E-state index >= 15 is 0 Å². The van der Waals surface area contributed by atoms with Crippen LogP contribution in [-0.2, 0) is 6.54 Å². The molecule has 0 aliphatic carbocycles. The second kappa shape index (κ2) is 4.92. The Hall–Kier alpha value is -1.64. The normalized spacial score (nSPS) is 11.2. The summed E-state index contributed by atoms with van der Waals surface area (Å²) in [5.74, 6) is -1.18. The molecule has 0 saturated heterocycles. The molecular weight excluding hydrogens is 232 g/mol. The van der Waals surface area contributed by atoms with Crippen LogP contribution in [0.1, 0.15) is 36.6 Å². The highest BCUT2D eigenvalue weighted by Crippen LogP contribution is 2.22. The fraction of sp³-hybridized carbons (Fsp3) is 0.333. The molecule has 3 heteroatoms. The monoisotopic (exact) mass is 249 g/mol. The van der Waals surface area contributed by atoms with E-state index in [0.717, 1.165) is 6.07 Å². The zero-order chi connectivity index (χ0) is 13.3. The summed E-state index contributed by atoms with van der Waals surface area (Å²) in [7, 11) is 0. The highest BCUT2D eigenvalue weighted by molar-refractivity contribution is 5.26. The SMILES string of the molecule is Cc1ccn(Cc2cccc(F)c2F)c1C(C)C. The smallest absolute Gasteiger partial charge is 0.163 e. The predicted molar refractivity (Wildman–Crippen MR) is 68.7 cm³/mol. The molecule has 0 bridgehead atoms. The maximum Gasteiger partial charge on any atom is 0.163 e. The minimum absolute atomic E-state index is 0.358. The number of rotatable bonds is 3. The molecule has 0 fully saturated rings. The Kier molecular flexibility index (Phi) is 3.50. The van der Waals surface area contributed by atoms with Gasteiger partial charge in [0.1, 0.15) is 0 Å². The molecular formula is C15H17F2N. The molecule has 0 aliphatic heterocycles. The Morgan fingerprint density at radius 3 is 2.56 bits per heavy atom. The molecule has 0 spiro atoms. The van der Waals surface area contributed by atoms with E-state index in [4.69, 9.17) is 0 Å². The minimum atomic E-state index is -0.789. The fourth-order valence-electron chi connectivity index (χ4n) is 2.37. The van der Waals surface area contributed by atoms with Gasteiger partial charge >= 0.3 is 0 Å². The van der Waals surface area contributed by atoms with Crippen molar-refractivity contribution in [1.29, 1.82) is 0 Å². The van der Waals surface area contributed by atoms with Gasteiger partial charge in [0.05, 0.1) is 6.54 Å². The quantitative estimate of drug-likeness (QED) is 0.766. The van der Waals surface area contributed by atoms with Crippen molar-refractivity contribution in [2.45, 2.75) is 33.2 Å². The third-order valence-corrected chi connectivity index (χ3v) is 3.14. The van der Waals surface area contributed by atoms with Crippen LogP contribution in [0.25, 0.3) is 0 Å². The molecule has 0 amide bonds. The Morgan fingerprint density at radius 2 is 1.89 bits per heavy atom. The van der Waals surface area contributed by atoms with Gasteiger partial charge in [0.2, 0.25) is 0 Å². The van der Waals surface area contributed by atoms with Gasteiger partial charge in [0.25, 0.3) is 0 Å². The van der Waals surface area contributed by atoms with E-state index in [9.17, 15) is 8.78 Å². The first-order chi connectivity index (χ1) is 8.50. The first-order valence-electron chi connectivity index (χ1n) is 6.09. The second-order valence-corrected chi connectivity index (χ2v) is 4.88. The topological polar surface area (TPSA) is 4.93 Å². The third kappa shape index (κ3) is 2.30. The van der Waals surface area contributed by atoms with Crippen molar-refractivity contribution in [2.24, 2.45) is 0 Å². The molecule has 0 aliphatic rings. The molecule has 0 atom stereocenters. The first kappa shape index (κ1) is 12.8. The average molecular weight is 249 g/mol. The molecule has 1 heterocycles. The standard InChI is InChI=1S/C15H17F2N/c1-10(2)15-11(3)7-8-18(15)9-12-5-4-6-13(16)14(12)17/h4-8,10H,9H2,1-3H3. The summed E-state index contributed by atoms with van der Waals surface area (Å²) in [4.78, 5) is 0.